The van der Waals surface area contributed by atoms with Gasteiger partial charge >= 0.3 is 0 Å². The minimum absolute atomic E-state index is 0.198. The Kier molecular flexibility index (Phi) is 4.71. The van der Waals surface area contributed by atoms with Crippen molar-refractivity contribution < 1.29 is 8.42 Å². The lowest BCUT2D eigenvalue weighted by Crippen LogP contribution is -2.47. The molecule has 0 bridgehead atoms. The average Bonchev–Trinajstić information content (AvgIpc) is 2.17. The van der Waals surface area contributed by atoms with E-state index < -0.39 is 10.2 Å². The molecule has 92 valence electrons. The Morgan fingerprint density at radius 2 is 2.06 bits per heavy atom. The lowest BCUT2D eigenvalue weighted by atomic mass is 10.0. The van der Waals surface area contributed by atoms with Crippen molar-refractivity contribution in [2.45, 2.75) is 39.2 Å². The summed E-state index contributed by atoms with van der Waals surface area (Å²) in [6.45, 7) is 4.99. The number of piperidine rings is 1. The van der Waals surface area contributed by atoms with Gasteiger partial charge in [-0.1, -0.05) is 6.92 Å². The van der Waals surface area contributed by atoms with E-state index in [9.17, 15) is 8.42 Å². The van der Waals surface area contributed by atoms with E-state index in [1.54, 1.807) is 6.92 Å². The summed E-state index contributed by atoms with van der Waals surface area (Å²) in [4.78, 5) is 0. The molecule has 6 heteroatoms. The van der Waals surface area contributed by atoms with Gasteiger partial charge in [0.25, 0.3) is 10.2 Å². The first kappa shape index (κ1) is 13.4. The van der Waals surface area contributed by atoms with Crippen molar-refractivity contribution in [3.05, 3.63) is 0 Å². The SMILES string of the molecule is CC1CCN(S(=O)(=O)NC(C)CC#N)CC1. The maximum atomic E-state index is 11.9. The molecule has 1 saturated heterocycles. The molecule has 5 nitrogen and oxygen atoms in total. The quantitative estimate of drug-likeness (QED) is 0.798. The van der Waals surface area contributed by atoms with Crippen molar-refractivity contribution in [2.24, 2.45) is 5.92 Å². The fraction of sp³-hybridized carbons (Fsp3) is 0.900. The smallest absolute Gasteiger partial charge is 0.198 e. The first-order chi connectivity index (χ1) is 7.45. The largest absolute Gasteiger partial charge is 0.279 e. The van der Waals surface area contributed by atoms with Gasteiger partial charge in [-0.3, -0.25) is 0 Å². The zero-order chi connectivity index (χ0) is 12.2. The van der Waals surface area contributed by atoms with Gasteiger partial charge in [0, 0.05) is 19.1 Å². The summed E-state index contributed by atoms with van der Waals surface area (Å²) in [5.41, 5.74) is 0. The number of nitrogens with zero attached hydrogens (tertiary/aromatic N) is 2. The number of hydrogen-bond acceptors (Lipinski definition) is 3. The van der Waals surface area contributed by atoms with Crippen molar-refractivity contribution in [3.8, 4) is 6.07 Å². The van der Waals surface area contributed by atoms with Crippen LogP contribution >= 0.6 is 0 Å². The molecule has 1 aliphatic rings. The molecule has 1 heterocycles. The molecule has 0 aliphatic carbocycles. The van der Waals surface area contributed by atoms with Gasteiger partial charge in [0.2, 0.25) is 0 Å². The van der Waals surface area contributed by atoms with E-state index in [-0.39, 0.29) is 12.5 Å². The third-order valence-corrected chi connectivity index (χ3v) is 4.58. The predicted octanol–water partition coefficient (Wildman–Crippen LogP) is 0.855. The monoisotopic (exact) mass is 245 g/mol. The highest BCUT2D eigenvalue weighted by Crippen LogP contribution is 2.18. The Hall–Kier alpha value is -0.640. The average molecular weight is 245 g/mol. The maximum Gasteiger partial charge on any atom is 0.279 e. The minimum atomic E-state index is -3.40. The fourth-order valence-electron chi connectivity index (χ4n) is 1.73. The molecule has 0 aromatic heterocycles. The molecule has 0 radical (unpaired) electrons. The lowest BCUT2D eigenvalue weighted by molar-refractivity contribution is 0.284. The maximum absolute atomic E-state index is 11.9. The molecular weight excluding hydrogens is 226 g/mol. The lowest BCUT2D eigenvalue weighted by Gasteiger charge is -2.30. The minimum Gasteiger partial charge on any atom is -0.198 e. The highest BCUT2D eigenvalue weighted by atomic mass is 32.2. The second kappa shape index (κ2) is 5.62. The summed E-state index contributed by atoms with van der Waals surface area (Å²) in [6.07, 6.45) is 2.02. The normalized spacial score (nSPS) is 21.6. The predicted molar refractivity (Wildman–Crippen MR) is 61.7 cm³/mol. The zero-order valence-corrected chi connectivity index (χ0v) is 10.6. The Morgan fingerprint density at radius 1 is 1.50 bits per heavy atom. The van der Waals surface area contributed by atoms with Gasteiger partial charge in [-0.25, -0.2) is 0 Å². The van der Waals surface area contributed by atoms with Crippen molar-refractivity contribution in [1.29, 1.82) is 5.26 Å². The van der Waals surface area contributed by atoms with Gasteiger partial charge in [-0.2, -0.15) is 22.7 Å². The molecule has 0 spiro atoms. The zero-order valence-electron chi connectivity index (χ0n) is 9.81. The summed E-state index contributed by atoms with van der Waals surface area (Å²) in [6, 6.07) is 1.63. The number of hydrogen-bond donors (Lipinski definition) is 1. The first-order valence-corrected chi connectivity index (χ1v) is 7.04. The van der Waals surface area contributed by atoms with Gasteiger partial charge in [0.05, 0.1) is 12.5 Å². The second-order valence-electron chi connectivity index (χ2n) is 4.47. The Morgan fingerprint density at radius 3 is 2.56 bits per heavy atom. The number of rotatable bonds is 4. The molecule has 1 rings (SSSR count). The molecule has 0 saturated carbocycles. The van der Waals surface area contributed by atoms with Crippen LogP contribution < -0.4 is 4.72 Å². The van der Waals surface area contributed by atoms with Gasteiger partial charge in [0.15, 0.2) is 0 Å². The third kappa shape index (κ3) is 3.74. The summed E-state index contributed by atoms with van der Waals surface area (Å²) in [5, 5.41) is 8.48. The van der Waals surface area contributed by atoms with Crippen LogP contribution in [0.1, 0.15) is 33.1 Å². The molecule has 16 heavy (non-hydrogen) atoms. The molecule has 1 unspecified atom stereocenters. The van der Waals surface area contributed by atoms with Gasteiger partial charge in [-0.15, -0.1) is 0 Å². The van der Waals surface area contributed by atoms with E-state index >= 15 is 0 Å². The summed E-state index contributed by atoms with van der Waals surface area (Å²) < 4.78 is 27.8. The molecule has 1 N–H and O–H groups in total. The van der Waals surface area contributed by atoms with E-state index in [0.717, 1.165) is 12.8 Å². The van der Waals surface area contributed by atoms with Crippen molar-refractivity contribution >= 4 is 10.2 Å². The van der Waals surface area contributed by atoms with Crippen LogP contribution in [-0.2, 0) is 10.2 Å². The molecule has 0 aromatic rings. The van der Waals surface area contributed by atoms with Crippen LogP contribution in [0.2, 0.25) is 0 Å². The fourth-order valence-corrected chi connectivity index (χ4v) is 3.17. The van der Waals surface area contributed by atoms with Gasteiger partial charge in [-0.05, 0) is 25.7 Å². The molecule has 0 amide bonds. The van der Waals surface area contributed by atoms with Crippen LogP contribution in [0.5, 0.6) is 0 Å². The highest BCUT2D eigenvalue weighted by Gasteiger charge is 2.27. The van der Waals surface area contributed by atoms with Gasteiger partial charge in [0.1, 0.15) is 0 Å². The molecule has 0 aromatic carbocycles. The standard InChI is InChI=1S/C10H19N3O2S/c1-9-4-7-13(8-5-9)16(14,15)12-10(2)3-6-11/h9-10,12H,3-5,7-8H2,1-2H3. The topological polar surface area (TPSA) is 73.2 Å². The van der Waals surface area contributed by atoms with Crippen LogP contribution in [-0.4, -0.2) is 31.9 Å². The molecule has 1 aliphatic heterocycles. The second-order valence-corrected chi connectivity index (χ2v) is 6.17. The van der Waals surface area contributed by atoms with Crippen LogP contribution in [0.25, 0.3) is 0 Å². The van der Waals surface area contributed by atoms with Crippen molar-refractivity contribution in [2.75, 3.05) is 13.1 Å². The first-order valence-electron chi connectivity index (χ1n) is 5.60. The van der Waals surface area contributed by atoms with E-state index in [2.05, 4.69) is 11.6 Å². The summed E-state index contributed by atoms with van der Waals surface area (Å²) in [5.74, 6) is 0.600. The van der Waals surface area contributed by atoms with E-state index in [1.165, 1.54) is 4.31 Å². The van der Waals surface area contributed by atoms with Crippen LogP contribution in [0, 0.1) is 17.2 Å². The molecule has 1 atom stereocenters. The van der Waals surface area contributed by atoms with E-state index in [1.807, 2.05) is 6.07 Å². The molecular formula is C10H19N3O2S. The third-order valence-electron chi connectivity index (χ3n) is 2.83. The Labute approximate surface area is 97.6 Å². The summed E-state index contributed by atoms with van der Waals surface area (Å²) >= 11 is 0. The van der Waals surface area contributed by atoms with Gasteiger partial charge < -0.3 is 0 Å². The van der Waals surface area contributed by atoms with E-state index in [0.29, 0.717) is 19.0 Å². The Bertz CT molecular complexity index is 353. The van der Waals surface area contributed by atoms with Crippen LogP contribution in [0.4, 0.5) is 0 Å². The van der Waals surface area contributed by atoms with Crippen molar-refractivity contribution in [3.63, 3.8) is 0 Å². The van der Waals surface area contributed by atoms with E-state index in [4.69, 9.17) is 5.26 Å². The van der Waals surface area contributed by atoms with Crippen molar-refractivity contribution in [1.82, 2.24) is 9.03 Å². The van der Waals surface area contributed by atoms with Crippen LogP contribution in [0.3, 0.4) is 0 Å². The Balaban J connectivity index is 2.54. The number of nitrogens with one attached hydrogen (secondary N) is 1. The van der Waals surface area contributed by atoms with Crippen LogP contribution in [0.15, 0.2) is 0 Å². The summed E-state index contributed by atoms with van der Waals surface area (Å²) in [7, 11) is -3.40. The number of nitriles is 1. The highest BCUT2D eigenvalue weighted by molar-refractivity contribution is 7.87. The molecule has 1 fully saturated rings.